The van der Waals surface area contributed by atoms with E-state index >= 15 is 0 Å². The van der Waals surface area contributed by atoms with Crippen molar-refractivity contribution in [1.29, 1.82) is 0 Å². The summed E-state index contributed by atoms with van der Waals surface area (Å²) >= 11 is 0. The normalized spacial score (nSPS) is 11.5. The smallest absolute Gasteiger partial charge is 0.163 e. The van der Waals surface area contributed by atoms with Gasteiger partial charge < -0.3 is 0 Å². The van der Waals surface area contributed by atoms with Crippen LogP contribution in [0.2, 0.25) is 0 Å². The molecule has 2 aromatic carbocycles. The van der Waals surface area contributed by atoms with E-state index < -0.39 is 0 Å². The molecule has 1 heterocycles. The van der Waals surface area contributed by atoms with E-state index in [1.165, 1.54) is 5.56 Å². The van der Waals surface area contributed by atoms with Gasteiger partial charge in [-0.3, -0.25) is 0 Å². The summed E-state index contributed by atoms with van der Waals surface area (Å²) in [6.07, 6.45) is 0. The Kier molecular flexibility index (Phi) is 3.95. The summed E-state index contributed by atoms with van der Waals surface area (Å²) in [6.45, 7) is 8.44. The van der Waals surface area contributed by atoms with E-state index in [4.69, 9.17) is 15.0 Å². The van der Waals surface area contributed by atoms with Crippen molar-refractivity contribution >= 4 is 0 Å². The third-order valence-corrected chi connectivity index (χ3v) is 3.65. The molecule has 0 aliphatic carbocycles. The Hall–Kier alpha value is -2.55. The molecule has 0 unspecified atom stereocenters. The van der Waals surface area contributed by atoms with Gasteiger partial charge >= 0.3 is 0 Å². The van der Waals surface area contributed by atoms with Crippen LogP contribution in [0.15, 0.2) is 54.6 Å². The van der Waals surface area contributed by atoms with Crippen molar-refractivity contribution in [3.63, 3.8) is 0 Å². The van der Waals surface area contributed by atoms with Gasteiger partial charge in [0.2, 0.25) is 0 Å². The largest absolute Gasteiger partial charge is 0.212 e. The van der Waals surface area contributed by atoms with Crippen LogP contribution < -0.4 is 0 Å². The minimum absolute atomic E-state index is 0.133. The van der Waals surface area contributed by atoms with Crippen molar-refractivity contribution in [2.75, 3.05) is 0 Å². The molecule has 116 valence electrons. The summed E-state index contributed by atoms with van der Waals surface area (Å²) in [5.74, 6) is 2.26. The fraction of sp³-hybridized carbons (Fsp3) is 0.250. The summed E-state index contributed by atoms with van der Waals surface area (Å²) in [7, 11) is 0. The van der Waals surface area contributed by atoms with Crippen LogP contribution in [0.5, 0.6) is 0 Å². The van der Waals surface area contributed by atoms with Gasteiger partial charge in [-0.2, -0.15) is 0 Å². The molecule has 0 bridgehead atoms. The maximum Gasteiger partial charge on any atom is 0.163 e. The average Bonchev–Trinajstić information content (AvgIpc) is 2.55. The van der Waals surface area contributed by atoms with Gasteiger partial charge in [0.1, 0.15) is 5.82 Å². The Morgan fingerprint density at radius 1 is 0.652 bits per heavy atom. The molecule has 1 aromatic heterocycles. The first-order valence-corrected chi connectivity index (χ1v) is 7.82. The van der Waals surface area contributed by atoms with E-state index in [1.807, 2.05) is 30.3 Å². The quantitative estimate of drug-likeness (QED) is 0.682. The third kappa shape index (κ3) is 3.45. The molecule has 0 amide bonds. The van der Waals surface area contributed by atoms with Gasteiger partial charge in [-0.25, -0.2) is 15.0 Å². The highest BCUT2D eigenvalue weighted by atomic mass is 15.0. The molecule has 0 aliphatic rings. The molecular formula is C20H21N3. The fourth-order valence-corrected chi connectivity index (χ4v) is 2.26. The van der Waals surface area contributed by atoms with Crippen molar-refractivity contribution in [3.8, 4) is 22.8 Å². The second-order valence-electron chi connectivity index (χ2n) is 6.79. The number of benzene rings is 2. The molecule has 3 nitrogen and oxygen atoms in total. The van der Waals surface area contributed by atoms with Gasteiger partial charge in [0.05, 0.1) is 0 Å². The molecule has 3 rings (SSSR count). The van der Waals surface area contributed by atoms with Crippen molar-refractivity contribution in [1.82, 2.24) is 15.0 Å². The van der Waals surface area contributed by atoms with Crippen LogP contribution in [0.4, 0.5) is 0 Å². The zero-order valence-corrected chi connectivity index (χ0v) is 14.0. The monoisotopic (exact) mass is 303 g/mol. The lowest BCUT2D eigenvalue weighted by molar-refractivity contribution is 0.543. The molecule has 0 spiro atoms. The molecule has 0 atom stereocenters. The minimum Gasteiger partial charge on any atom is -0.212 e. The van der Waals surface area contributed by atoms with Gasteiger partial charge in [0.15, 0.2) is 11.6 Å². The predicted octanol–water partition coefficient (Wildman–Crippen LogP) is 4.81. The van der Waals surface area contributed by atoms with E-state index in [0.717, 1.165) is 28.6 Å². The zero-order chi connectivity index (χ0) is 16.4. The van der Waals surface area contributed by atoms with E-state index in [9.17, 15) is 0 Å². The number of rotatable bonds is 2. The van der Waals surface area contributed by atoms with Gasteiger partial charge in [0.25, 0.3) is 0 Å². The summed E-state index contributed by atoms with van der Waals surface area (Å²) in [5.41, 5.74) is 3.11. The van der Waals surface area contributed by atoms with Crippen LogP contribution in [-0.4, -0.2) is 15.0 Å². The van der Waals surface area contributed by atoms with Crippen LogP contribution >= 0.6 is 0 Å². The number of hydrogen-bond acceptors (Lipinski definition) is 3. The van der Waals surface area contributed by atoms with E-state index in [0.29, 0.717) is 0 Å². The Labute approximate surface area is 137 Å². The first-order valence-electron chi connectivity index (χ1n) is 7.82. The van der Waals surface area contributed by atoms with Crippen LogP contribution in [0.1, 0.15) is 32.2 Å². The zero-order valence-electron chi connectivity index (χ0n) is 14.0. The minimum atomic E-state index is -0.133. The fourth-order valence-electron chi connectivity index (χ4n) is 2.26. The number of nitrogens with zero attached hydrogens (tertiary/aromatic N) is 3. The van der Waals surface area contributed by atoms with Crippen molar-refractivity contribution in [2.24, 2.45) is 0 Å². The molecule has 0 N–H and O–H groups in total. The summed E-state index contributed by atoms with van der Waals surface area (Å²) < 4.78 is 0. The number of aryl methyl sites for hydroxylation is 1. The molecule has 0 saturated heterocycles. The molecular weight excluding hydrogens is 282 g/mol. The maximum atomic E-state index is 4.71. The Balaban J connectivity index is 2.18. The van der Waals surface area contributed by atoms with Gasteiger partial charge in [-0.05, 0) is 6.92 Å². The lowest BCUT2D eigenvalue weighted by atomic mass is 9.95. The highest BCUT2D eigenvalue weighted by Gasteiger charge is 2.20. The first kappa shape index (κ1) is 15.3. The van der Waals surface area contributed by atoms with E-state index in [1.54, 1.807) is 0 Å². The summed E-state index contributed by atoms with van der Waals surface area (Å²) in [4.78, 5) is 14.1. The number of hydrogen-bond donors (Lipinski definition) is 0. The maximum absolute atomic E-state index is 4.71. The Morgan fingerprint density at radius 2 is 1.17 bits per heavy atom. The van der Waals surface area contributed by atoms with E-state index in [-0.39, 0.29) is 5.41 Å². The molecule has 0 fully saturated rings. The molecule has 0 saturated carbocycles. The van der Waals surface area contributed by atoms with E-state index in [2.05, 4.69) is 52.0 Å². The van der Waals surface area contributed by atoms with Crippen LogP contribution in [-0.2, 0) is 5.41 Å². The average molecular weight is 303 g/mol. The highest BCUT2D eigenvalue weighted by Crippen LogP contribution is 2.25. The number of aromatic nitrogens is 3. The van der Waals surface area contributed by atoms with Crippen LogP contribution in [0.25, 0.3) is 22.8 Å². The lowest BCUT2D eigenvalue weighted by Crippen LogP contribution is -2.18. The highest BCUT2D eigenvalue weighted by molar-refractivity contribution is 5.61. The second kappa shape index (κ2) is 5.92. The first-order chi connectivity index (χ1) is 10.9. The molecule has 0 aliphatic heterocycles. The van der Waals surface area contributed by atoms with Crippen LogP contribution in [0, 0.1) is 6.92 Å². The molecule has 3 aromatic rings. The molecule has 3 heteroatoms. The predicted molar refractivity (Wildman–Crippen MR) is 94.1 cm³/mol. The Morgan fingerprint density at radius 3 is 1.70 bits per heavy atom. The standard InChI is InChI=1S/C20H21N3/c1-14-10-12-16(13-11-14)18-21-17(15-8-6-5-7-9-15)22-19(23-18)20(2,3)4/h5-13H,1-4H3. The molecule has 0 radical (unpaired) electrons. The van der Waals surface area contributed by atoms with Gasteiger partial charge in [0, 0.05) is 16.5 Å². The second-order valence-corrected chi connectivity index (χ2v) is 6.79. The van der Waals surface area contributed by atoms with Gasteiger partial charge in [-0.1, -0.05) is 80.9 Å². The van der Waals surface area contributed by atoms with Crippen LogP contribution in [0.3, 0.4) is 0 Å². The summed E-state index contributed by atoms with van der Waals surface area (Å²) in [6, 6.07) is 18.3. The van der Waals surface area contributed by atoms with Crippen molar-refractivity contribution in [2.45, 2.75) is 33.1 Å². The third-order valence-electron chi connectivity index (χ3n) is 3.65. The molecule has 23 heavy (non-hydrogen) atoms. The lowest BCUT2D eigenvalue weighted by Gasteiger charge is -2.18. The Bertz CT molecular complexity index is 801. The van der Waals surface area contributed by atoms with Gasteiger partial charge in [-0.15, -0.1) is 0 Å². The topological polar surface area (TPSA) is 38.7 Å². The van der Waals surface area contributed by atoms with Crippen molar-refractivity contribution < 1.29 is 0 Å². The van der Waals surface area contributed by atoms with Crippen molar-refractivity contribution in [3.05, 3.63) is 66.0 Å². The SMILES string of the molecule is Cc1ccc(-c2nc(-c3ccccc3)nc(C(C)(C)C)n2)cc1. The summed E-state index contributed by atoms with van der Waals surface area (Å²) in [5, 5.41) is 0.